The molecule has 0 spiro atoms. The predicted molar refractivity (Wildman–Crippen MR) is 121 cm³/mol. The lowest BCUT2D eigenvalue weighted by Gasteiger charge is -2.20. The zero-order valence-electron chi connectivity index (χ0n) is 18.7. The Morgan fingerprint density at radius 2 is 2.00 bits per heavy atom. The van der Waals surface area contributed by atoms with Crippen molar-refractivity contribution in [3.63, 3.8) is 0 Å². The Kier molecular flexibility index (Phi) is 6.30. The molecule has 8 heteroatoms. The lowest BCUT2D eigenvalue weighted by molar-refractivity contribution is 0.0769. The third kappa shape index (κ3) is 4.26. The number of carbonyl (C=O) groups is 2. The summed E-state index contributed by atoms with van der Waals surface area (Å²) in [6.07, 6.45) is 6.00. The van der Waals surface area contributed by atoms with E-state index in [0.717, 1.165) is 12.1 Å². The van der Waals surface area contributed by atoms with Crippen LogP contribution in [-0.4, -0.2) is 67.5 Å². The average Bonchev–Trinajstić information content (AvgIpc) is 3.52. The number of nitrogens with zero attached hydrogens (tertiary/aromatic N) is 6. The zero-order valence-corrected chi connectivity index (χ0v) is 18.7. The molecular weight excluding hydrogens is 404 g/mol. The Balaban J connectivity index is 1.47. The average molecular weight is 433 g/mol. The largest absolute Gasteiger partial charge is 0.339 e. The molecular formula is C24H28N6O2. The molecule has 1 aromatic carbocycles. The molecule has 1 saturated heterocycles. The summed E-state index contributed by atoms with van der Waals surface area (Å²) in [4.78, 5) is 38.5. The summed E-state index contributed by atoms with van der Waals surface area (Å²) in [7, 11) is 0. The van der Waals surface area contributed by atoms with Crippen LogP contribution in [0.25, 0.3) is 5.69 Å². The van der Waals surface area contributed by atoms with Crippen LogP contribution in [0.1, 0.15) is 58.4 Å². The fourth-order valence-corrected chi connectivity index (χ4v) is 4.11. The van der Waals surface area contributed by atoms with Gasteiger partial charge in [0.25, 0.3) is 11.8 Å². The standard InChI is InChI=1S/C24H28N6O2/c1-4-28(5-2)24(32)21-15-25-22(27-17(21)3)19-10-13-29(16-19)23(31)18-8-6-9-20(14-18)30-12-7-11-26-30/h6-9,11-12,14-15,19H,4-5,10,13,16H2,1-3H3/t19-/m0/s1. The second kappa shape index (κ2) is 9.30. The van der Waals surface area contributed by atoms with E-state index in [9.17, 15) is 9.59 Å². The minimum Gasteiger partial charge on any atom is -0.339 e. The highest BCUT2D eigenvalue weighted by molar-refractivity contribution is 5.95. The van der Waals surface area contributed by atoms with Gasteiger partial charge < -0.3 is 9.80 Å². The highest BCUT2D eigenvalue weighted by atomic mass is 16.2. The van der Waals surface area contributed by atoms with Crippen molar-refractivity contribution in [3.8, 4) is 5.69 Å². The van der Waals surface area contributed by atoms with E-state index >= 15 is 0 Å². The molecule has 4 rings (SSSR count). The van der Waals surface area contributed by atoms with Crippen LogP contribution in [0.5, 0.6) is 0 Å². The molecule has 1 aliphatic rings. The highest BCUT2D eigenvalue weighted by Gasteiger charge is 2.30. The fraction of sp³-hybridized carbons (Fsp3) is 0.375. The van der Waals surface area contributed by atoms with Crippen LogP contribution in [0.2, 0.25) is 0 Å². The SMILES string of the molecule is CCN(CC)C(=O)c1cnc([C@H]2CCN(C(=O)c3cccc(-n4cccn4)c3)C2)nc1C. The van der Waals surface area contributed by atoms with E-state index in [2.05, 4.69) is 15.1 Å². The number of likely N-dealkylation sites (tertiary alicyclic amines) is 1. The van der Waals surface area contributed by atoms with Gasteiger partial charge >= 0.3 is 0 Å². The first-order valence-corrected chi connectivity index (χ1v) is 11.0. The molecule has 3 aromatic rings. The molecule has 32 heavy (non-hydrogen) atoms. The zero-order chi connectivity index (χ0) is 22.7. The second-order valence-corrected chi connectivity index (χ2v) is 7.94. The monoisotopic (exact) mass is 432 g/mol. The van der Waals surface area contributed by atoms with Crippen molar-refractivity contribution < 1.29 is 9.59 Å². The van der Waals surface area contributed by atoms with E-state index in [1.54, 1.807) is 22.0 Å². The van der Waals surface area contributed by atoms with E-state index in [0.29, 0.717) is 48.8 Å². The molecule has 0 saturated carbocycles. The van der Waals surface area contributed by atoms with Crippen LogP contribution in [0, 0.1) is 6.92 Å². The molecule has 1 fully saturated rings. The van der Waals surface area contributed by atoms with Crippen LogP contribution in [-0.2, 0) is 0 Å². The van der Waals surface area contributed by atoms with Gasteiger partial charge in [-0.25, -0.2) is 14.6 Å². The quantitative estimate of drug-likeness (QED) is 0.598. The lowest BCUT2D eigenvalue weighted by Crippen LogP contribution is -2.31. The summed E-state index contributed by atoms with van der Waals surface area (Å²) >= 11 is 0. The normalized spacial score (nSPS) is 15.7. The van der Waals surface area contributed by atoms with Crippen molar-refractivity contribution in [1.82, 2.24) is 29.5 Å². The van der Waals surface area contributed by atoms with Gasteiger partial charge in [-0.05, 0) is 51.5 Å². The van der Waals surface area contributed by atoms with E-state index in [4.69, 9.17) is 0 Å². The van der Waals surface area contributed by atoms with Crippen molar-refractivity contribution in [2.75, 3.05) is 26.2 Å². The Morgan fingerprint density at radius 1 is 1.19 bits per heavy atom. The van der Waals surface area contributed by atoms with Gasteiger partial charge in [-0.15, -0.1) is 0 Å². The van der Waals surface area contributed by atoms with Gasteiger partial charge in [-0.1, -0.05) is 6.07 Å². The molecule has 2 aromatic heterocycles. The number of aryl methyl sites for hydroxylation is 1. The Bertz CT molecular complexity index is 1110. The fourth-order valence-electron chi connectivity index (χ4n) is 4.11. The maximum Gasteiger partial charge on any atom is 0.257 e. The van der Waals surface area contributed by atoms with Crippen LogP contribution in [0.3, 0.4) is 0 Å². The van der Waals surface area contributed by atoms with Crippen molar-refractivity contribution in [3.05, 3.63) is 71.6 Å². The molecule has 0 radical (unpaired) electrons. The summed E-state index contributed by atoms with van der Waals surface area (Å²) in [5.74, 6) is 0.703. The molecule has 8 nitrogen and oxygen atoms in total. The first kappa shape index (κ1) is 21.7. The van der Waals surface area contributed by atoms with Gasteiger partial charge in [0.1, 0.15) is 5.82 Å². The van der Waals surface area contributed by atoms with Crippen LogP contribution in [0.15, 0.2) is 48.9 Å². The maximum absolute atomic E-state index is 13.1. The molecule has 1 aliphatic heterocycles. The third-order valence-electron chi connectivity index (χ3n) is 5.98. The first-order chi connectivity index (χ1) is 15.5. The molecule has 0 bridgehead atoms. The minimum atomic E-state index is -0.0423. The maximum atomic E-state index is 13.1. The van der Waals surface area contributed by atoms with Crippen molar-refractivity contribution in [1.29, 1.82) is 0 Å². The van der Waals surface area contributed by atoms with E-state index in [1.165, 1.54) is 0 Å². The summed E-state index contributed by atoms with van der Waals surface area (Å²) in [5.41, 5.74) is 2.71. The Morgan fingerprint density at radius 3 is 2.69 bits per heavy atom. The predicted octanol–water partition coefficient (Wildman–Crippen LogP) is 3.08. The van der Waals surface area contributed by atoms with E-state index in [-0.39, 0.29) is 17.7 Å². The highest BCUT2D eigenvalue weighted by Crippen LogP contribution is 2.27. The number of aromatic nitrogens is 4. The molecule has 166 valence electrons. The van der Waals surface area contributed by atoms with Gasteiger partial charge in [0, 0.05) is 56.3 Å². The van der Waals surface area contributed by atoms with Crippen LogP contribution < -0.4 is 0 Å². The molecule has 2 amide bonds. The molecule has 0 aliphatic carbocycles. The Hall–Kier alpha value is -3.55. The Labute approximate surface area is 187 Å². The topological polar surface area (TPSA) is 84.2 Å². The summed E-state index contributed by atoms with van der Waals surface area (Å²) in [6, 6.07) is 9.33. The van der Waals surface area contributed by atoms with Gasteiger partial charge in [0.15, 0.2) is 0 Å². The smallest absolute Gasteiger partial charge is 0.257 e. The molecule has 1 atom stereocenters. The van der Waals surface area contributed by atoms with Gasteiger partial charge in [0.2, 0.25) is 0 Å². The third-order valence-corrected chi connectivity index (χ3v) is 5.98. The van der Waals surface area contributed by atoms with Gasteiger partial charge in [0.05, 0.1) is 16.9 Å². The van der Waals surface area contributed by atoms with Gasteiger partial charge in [-0.3, -0.25) is 9.59 Å². The van der Waals surface area contributed by atoms with E-state index in [1.807, 2.05) is 62.2 Å². The number of carbonyl (C=O) groups excluding carboxylic acids is 2. The minimum absolute atomic E-state index is 0.00782. The summed E-state index contributed by atoms with van der Waals surface area (Å²) in [5, 5.41) is 4.23. The molecule has 0 N–H and O–H groups in total. The molecule has 0 unspecified atom stereocenters. The number of hydrogen-bond acceptors (Lipinski definition) is 5. The van der Waals surface area contributed by atoms with Crippen molar-refractivity contribution >= 4 is 11.8 Å². The van der Waals surface area contributed by atoms with Crippen molar-refractivity contribution in [2.45, 2.75) is 33.1 Å². The van der Waals surface area contributed by atoms with Crippen molar-refractivity contribution in [2.24, 2.45) is 0 Å². The number of amides is 2. The molecule has 3 heterocycles. The number of rotatable bonds is 6. The number of benzene rings is 1. The van der Waals surface area contributed by atoms with E-state index < -0.39 is 0 Å². The summed E-state index contributed by atoms with van der Waals surface area (Å²) < 4.78 is 1.74. The van der Waals surface area contributed by atoms with Crippen LogP contribution in [0.4, 0.5) is 0 Å². The second-order valence-electron chi connectivity index (χ2n) is 7.94. The number of hydrogen-bond donors (Lipinski definition) is 0. The van der Waals surface area contributed by atoms with Crippen LogP contribution >= 0.6 is 0 Å². The summed E-state index contributed by atoms with van der Waals surface area (Å²) in [6.45, 7) is 8.28. The lowest BCUT2D eigenvalue weighted by atomic mass is 10.1. The van der Waals surface area contributed by atoms with Gasteiger partial charge in [-0.2, -0.15) is 5.10 Å². The first-order valence-electron chi connectivity index (χ1n) is 11.0.